The normalized spacial score (nSPS) is 12.9. The Hall–Kier alpha value is -2.92. The Morgan fingerprint density at radius 2 is 0.703 bits per heavy atom. The van der Waals surface area contributed by atoms with Crippen molar-refractivity contribution in [2.75, 3.05) is 19.8 Å². The fourth-order valence-corrected chi connectivity index (χ4v) is 7.39. The van der Waals surface area contributed by atoms with E-state index in [4.69, 9.17) is 14.2 Å². The Kier molecular flexibility index (Phi) is 51.9. The van der Waals surface area contributed by atoms with Crippen LogP contribution < -0.4 is 0 Å². The Labute approximate surface area is 397 Å². The van der Waals surface area contributed by atoms with Crippen molar-refractivity contribution < 1.29 is 23.8 Å². The maximum absolute atomic E-state index is 12.8. The van der Waals surface area contributed by atoms with Gasteiger partial charge in [-0.2, -0.15) is 0 Å². The van der Waals surface area contributed by atoms with Gasteiger partial charge in [0.05, 0.1) is 6.61 Å². The summed E-state index contributed by atoms with van der Waals surface area (Å²) < 4.78 is 17.4. The van der Waals surface area contributed by atoms with Gasteiger partial charge in [0, 0.05) is 19.4 Å². The van der Waals surface area contributed by atoms with Crippen LogP contribution in [0.25, 0.3) is 0 Å². The van der Waals surface area contributed by atoms with Gasteiger partial charge in [-0.1, -0.05) is 228 Å². The molecule has 368 valence electrons. The molecule has 0 amide bonds. The second-order valence-corrected chi connectivity index (χ2v) is 17.8. The van der Waals surface area contributed by atoms with Gasteiger partial charge in [0.2, 0.25) is 0 Å². The summed E-state index contributed by atoms with van der Waals surface area (Å²) in [5.74, 6) is -0.435. The number of hydrogen-bond donors (Lipinski definition) is 0. The molecular formula is C59H102O5. The summed E-state index contributed by atoms with van der Waals surface area (Å²) in [4.78, 5) is 25.4. The highest BCUT2D eigenvalue weighted by Gasteiger charge is 2.17. The maximum Gasteiger partial charge on any atom is 0.306 e. The first-order chi connectivity index (χ1) is 31.6. The van der Waals surface area contributed by atoms with Gasteiger partial charge in [0.25, 0.3) is 0 Å². The maximum atomic E-state index is 12.8. The Morgan fingerprint density at radius 1 is 0.359 bits per heavy atom. The molecule has 0 heterocycles. The molecule has 5 heteroatoms. The van der Waals surface area contributed by atoms with E-state index in [2.05, 4.69) is 106 Å². The number of rotatable bonds is 49. The van der Waals surface area contributed by atoms with E-state index in [0.29, 0.717) is 19.4 Å². The molecule has 0 saturated heterocycles. The first-order valence-electron chi connectivity index (χ1n) is 27.1. The summed E-state index contributed by atoms with van der Waals surface area (Å²) in [5.41, 5.74) is 0. The number of hydrogen-bond acceptors (Lipinski definition) is 5. The van der Waals surface area contributed by atoms with Gasteiger partial charge in [-0.25, -0.2) is 0 Å². The van der Waals surface area contributed by atoms with E-state index in [0.717, 1.165) is 109 Å². The van der Waals surface area contributed by atoms with E-state index in [1.807, 2.05) is 0 Å². The fourth-order valence-electron chi connectivity index (χ4n) is 7.39. The molecule has 1 atom stereocenters. The summed E-state index contributed by atoms with van der Waals surface area (Å²) in [7, 11) is 0. The molecule has 0 aromatic carbocycles. The van der Waals surface area contributed by atoms with Gasteiger partial charge < -0.3 is 14.2 Å². The van der Waals surface area contributed by atoms with Gasteiger partial charge in [-0.3, -0.25) is 9.59 Å². The Morgan fingerprint density at radius 3 is 1.16 bits per heavy atom. The van der Waals surface area contributed by atoms with E-state index in [-0.39, 0.29) is 25.2 Å². The molecule has 0 aliphatic rings. The van der Waals surface area contributed by atoms with Gasteiger partial charge >= 0.3 is 11.9 Å². The van der Waals surface area contributed by atoms with Crippen LogP contribution in [0, 0.1) is 0 Å². The fraction of sp³-hybridized carbons (Fsp3) is 0.729. The van der Waals surface area contributed by atoms with Crippen LogP contribution in [-0.2, 0) is 23.8 Å². The summed E-state index contributed by atoms with van der Waals surface area (Å²) in [6.07, 6.45) is 71.6. The quantitative estimate of drug-likeness (QED) is 0.0346. The smallest absolute Gasteiger partial charge is 0.306 e. The van der Waals surface area contributed by atoms with Crippen LogP contribution in [0.1, 0.15) is 252 Å². The van der Waals surface area contributed by atoms with Crippen LogP contribution in [0.15, 0.2) is 85.1 Å². The van der Waals surface area contributed by atoms with E-state index in [1.54, 1.807) is 0 Å². The molecule has 1 unspecified atom stereocenters. The third-order valence-electron chi connectivity index (χ3n) is 11.4. The lowest BCUT2D eigenvalue weighted by molar-refractivity contribution is -0.163. The minimum absolute atomic E-state index is 0.0668. The van der Waals surface area contributed by atoms with Crippen LogP contribution in [0.3, 0.4) is 0 Å². The number of unbranched alkanes of at least 4 members (excludes halogenated alkanes) is 24. The van der Waals surface area contributed by atoms with E-state index < -0.39 is 6.10 Å². The SMILES string of the molecule is CC/C=C\C/C=C\C/C=C\C/C=C\CCCCCCC(=O)OC(COCCCCCCCCCCCCCC)COC(=O)CCCCCCCC/C=C\C/C=C\C/C=C\CCCCC. The van der Waals surface area contributed by atoms with E-state index in [9.17, 15) is 9.59 Å². The molecule has 0 radical (unpaired) electrons. The summed E-state index contributed by atoms with van der Waals surface area (Å²) in [5, 5.41) is 0. The van der Waals surface area contributed by atoms with Crippen molar-refractivity contribution in [2.45, 2.75) is 258 Å². The van der Waals surface area contributed by atoms with Crippen molar-refractivity contribution in [3.05, 3.63) is 85.1 Å². The van der Waals surface area contributed by atoms with E-state index >= 15 is 0 Å². The predicted octanol–water partition coefficient (Wildman–Crippen LogP) is 18.5. The van der Waals surface area contributed by atoms with Crippen molar-refractivity contribution in [3.8, 4) is 0 Å². The highest BCUT2D eigenvalue weighted by Crippen LogP contribution is 2.14. The molecule has 0 aromatic rings. The van der Waals surface area contributed by atoms with Gasteiger partial charge in [-0.05, 0) is 96.3 Å². The van der Waals surface area contributed by atoms with Gasteiger partial charge in [-0.15, -0.1) is 0 Å². The van der Waals surface area contributed by atoms with Crippen LogP contribution in [0.2, 0.25) is 0 Å². The highest BCUT2D eigenvalue weighted by molar-refractivity contribution is 5.70. The largest absolute Gasteiger partial charge is 0.462 e. The molecule has 0 rings (SSSR count). The first kappa shape index (κ1) is 61.1. The lowest BCUT2D eigenvalue weighted by Gasteiger charge is -2.18. The number of esters is 2. The minimum atomic E-state index is -0.556. The summed E-state index contributed by atoms with van der Waals surface area (Å²) in [6.45, 7) is 7.66. The zero-order valence-corrected chi connectivity index (χ0v) is 42.3. The lowest BCUT2D eigenvalue weighted by atomic mass is 10.1. The third-order valence-corrected chi connectivity index (χ3v) is 11.4. The first-order valence-corrected chi connectivity index (χ1v) is 27.1. The van der Waals surface area contributed by atoms with Crippen LogP contribution in [0.5, 0.6) is 0 Å². The molecule has 0 N–H and O–H groups in total. The van der Waals surface area contributed by atoms with Crippen molar-refractivity contribution in [1.82, 2.24) is 0 Å². The predicted molar refractivity (Wildman–Crippen MR) is 279 cm³/mol. The molecule has 0 spiro atoms. The lowest BCUT2D eigenvalue weighted by Crippen LogP contribution is -2.30. The minimum Gasteiger partial charge on any atom is -0.462 e. The molecule has 64 heavy (non-hydrogen) atoms. The van der Waals surface area contributed by atoms with Crippen molar-refractivity contribution in [2.24, 2.45) is 0 Å². The molecular weight excluding hydrogens is 789 g/mol. The zero-order chi connectivity index (χ0) is 46.3. The number of carbonyl (C=O) groups excluding carboxylic acids is 2. The second-order valence-electron chi connectivity index (χ2n) is 17.8. The van der Waals surface area contributed by atoms with Crippen molar-refractivity contribution in [1.29, 1.82) is 0 Å². The monoisotopic (exact) mass is 891 g/mol. The molecule has 0 fully saturated rings. The average Bonchev–Trinajstić information content (AvgIpc) is 3.30. The van der Waals surface area contributed by atoms with Gasteiger partial charge in [0.15, 0.2) is 6.10 Å². The number of allylic oxidation sites excluding steroid dienone is 14. The summed E-state index contributed by atoms with van der Waals surface area (Å²) >= 11 is 0. The van der Waals surface area contributed by atoms with Crippen LogP contribution >= 0.6 is 0 Å². The van der Waals surface area contributed by atoms with E-state index in [1.165, 1.54) is 109 Å². The highest BCUT2D eigenvalue weighted by atomic mass is 16.6. The number of ether oxygens (including phenoxy) is 3. The molecule has 5 nitrogen and oxygen atoms in total. The standard InChI is InChI=1S/C59H102O5/c1-4-7-10-13-16-19-22-25-27-29-30-32-33-35-37-40-43-46-49-52-58(60)63-56-57(55-62-54-51-48-45-42-39-24-21-18-15-12-9-6-3)64-59(61)53-50-47-44-41-38-36-34-31-28-26-23-20-17-14-11-8-5-2/h8,11,16-17,19-20,25-28,30,32,34,36,57H,4-7,9-10,12-15,18,21-24,29,31,33,35,37-56H2,1-3H3/b11-8-,19-16-,20-17-,27-25-,28-26-,32-30-,36-34-. The third kappa shape index (κ3) is 51.7. The molecule has 0 bridgehead atoms. The molecule has 0 saturated carbocycles. The van der Waals surface area contributed by atoms with Crippen LogP contribution in [-0.4, -0.2) is 37.9 Å². The zero-order valence-electron chi connectivity index (χ0n) is 42.3. The average molecular weight is 891 g/mol. The topological polar surface area (TPSA) is 61.8 Å². The molecule has 0 aliphatic carbocycles. The molecule has 0 aliphatic heterocycles. The summed E-state index contributed by atoms with van der Waals surface area (Å²) in [6, 6.07) is 0. The van der Waals surface area contributed by atoms with Crippen LogP contribution in [0.4, 0.5) is 0 Å². The van der Waals surface area contributed by atoms with Crippen molar-refractivity contribution in [3.63, 3.8) is 0 Å². The van der Waals surface area contributed by atoms with Gasteiger partial charge in [0.1, 0.15) is 6.61 Å². The van der Waals surface area contributed by atoms with Crippen molar-refractivity contribution >= 4 is 11.9 Å². The molecule has 0 aromatic heterocycles. The Bertz CT molecular complexity index is 1190. The second kappa shape index (κ2) is 54.4. The Balaban J connectivity index is 4.32. The number of carbonyl (C=O) groups is 2.